The highest BCUT2D eigenvalue weighted by Crippen LogP contribution is 2.36. The molecule has 1 saturated heterocycles. The number of anilines is 2. The Morgan fingerprint density at radius 3 is 2.67 bits per heavy atom. The number of aryl methyl sites for hydroxylation is 3. The van der Waals surface area contributed by atoms with Crippen molar-refractivity contribution in [2.24, 2.45) is 0 Å². The molecule has 12 heteroatoms. The summed E-state index contributed by atoms with van der Waals surface area (Å²) in [6, 6.07) is 1.74. The molecule has 2 amide bonds. The first-order chi connectivity index (χ1) is 20.3. The number of amides is 2. The number of rotatable bonds is 7. The maximum atomic E-state index is 13.3. The minimum absolute atomic E-state index is 0.00136. The first-order valence-electron chi connectivity index (χ1n) is 15.0. The molecule has 0 radical (unpaired) electrons. The fourth-order valence-corrected chi connectivity index (χ4v) is 6.92. The fourth-order valence-electron chi connectivity index (χ4n) is 5.83. The number of nitrogens with zero attached hydrogens (tertiary/aromatic N) is 4. The molecule has 3 aromatic heterocycles. The molecule has 1 fully saturated rings. The van der Waals surface area contributed by atoms with Crippen LogP contribution in [0.2, 0.25) is 0 Å². The van der Waals surface area contributed by atoms with Crippen molar-refractivity contribution in [3.63, 3.8) is 0 Å². The van der Waals surface area contributed by atoms with Crippen LogP contribution in [-0.4, -0.2) is 69.9 Å². The van der Waals surface area contributed by atoms with Gasteiger partial charge < -0.3 is 30.7 Å². The number of carbonyl (C=O) groups is 2. The van der Waals surface area contributed by atoms with Crippen molar-refractivity contribution in [1.82, 2.24) is 25.6 Å². The predicted octanol–water partition coefficient (Wildman–Crippen LogP) is 4.33. The standard InChI is InChI=1S/C31H43N7O4S/c1-8-18-11-17(4)34-28-24(18)25(32)26(43-28)27(39)35-20-9-10-21-19(12-20)13-33-29(36-21)38-14-22(23(15-38)41-16(2)3)37-30(40)42-31(5,6)7/h11,13,16,20,22-23H,8-10,12,14-15,32H2,1-7H3,(H,35,39)(H,37,40)/t20-,22-,23-/m0/s1. The number of nitrogen functional groups attached to an aromatic ring is 1. The number of fused-ring (bicyclic) bond motifs is 2. The zero-order chi connectivity index (χ0) is 31.1. The Labute approximate surface area is 257 Å². The number of ether oxygens (including phenoxy) is 2. The van der Waals surface area contributed by atoms with E-state index in [2.05, 4.69) is 27.5 Å². The van der Waals surface area contributed by atoms with Crippen molar-refractivity contribution in [1.29, 1.82) is 0 Å². The second kappa shape index (κ2) is 12.2. The topological polar surface area (TPSA) is 145 Å². The van der Waals surface area contributed by atoms with Gasteiger partial charge in [0.25, 0.3) is 5.91 Å². The monoisotopic (exact) mass is 609 g/mol. The molecule has 3 atom stereocenters. The van der Waals surface area contributed by atoms with E-state index in [4.69, 9.17) is 20.2 Å². The van der Waals surface area contributed by atoms with Crippen LogP contribution in [0.15, 0.2) is 12.3 Å². The summed E-state index contributed by atoms with van der Waals surface area (Å²) in [5.74, 6) is 0.447. The molecule has 3 aromatic rings. The first kappa shape index (κ1) is 30.9. The number of alkyl carbamates (subject to hydrolysis) is 1. The number of hydrogen-bond donors (Lipinski definition) is 3. The molecule has 0 bridgehead atoms. The molecule has 43 heavy (non-hydrogen) atoms. The summed E-state index contributed by atoms with van der Waals surface area (Å²) in [4.78, 5) is 43.4. The Hall–Kier alpha value is -3.51. The largest absolute Gasteiger partial charge is 0.444 e. The molecule has 4 heterocycles. The summed E-state index contributed by atoms with van der Waals surface area (Å²) in [7, 11) is 0. The van der Waals surface area contributed by atoms with E-state index in [-0.39, 0.29) is 30.2 Å². The zero-order valence-corrected chi connectivity index (χ0v) is 26.9. The molecule has 2 aliphatic rings. The van der Waals surface area contributed by atoms with Gasteiger partial charge in [-0.15, -0.1) is 11.3 Å². The minimum atomic E-state index is -0.588. The van der Waals surface area contributed by atoms with Gasteiger partial charge in [-0.05, 0) is 84.4 Å². The van der Waals surface area contributed by atoms with Gasteiger partial charge in [-0.3, -0.25) is 4.79 Å². The lowest BCUT2D eigenvalue weighted by Gasteiger charge is -2.26. The van der Waals surface area contributed by atoms with E-state index in [1.807, 2.05) is 58.7 Å². The maximum absolute atomic E-state index is 13.3. The molecule has 232 valence electrons. The fraction of sp³-hybridized carbons (Fsp3) is 0.581. The zero-order valence-electron chi connectivity index (χ0n) is 26.1. The van der Waals surface area contributed by atoms with Crippen LogP contribution in [0.25, 0.3) is 10.2 Å². The van der Waals surface area contributed by atoms with Crippen LogP contribution in [0.4, 0.5) is 16.4 Å². The molecular formula is C31H43N7O4S. The number of nitrogens with two attached hydrogens (primary N) is 1. The van der Waals surface area contributed by atoms with Gasteiger partial charge in [0.05, 0.1) is 23.9 Å². The van der Waals surface area contributed by atoms with Crippen molar-refractivity contribution in [3.05, 3.63) is 39.7 Å². The number of carbonyl (C=O) groups excluding carboxylic acids is 2. The first-order valence-corrected chi connectivity index (χ1v) is 15.9. The molecule has 0 spiro atoms. The maximum Gasteiger partial charge on any atom is 0.408 e. The quantitative estimate of drug-likeness (QED) is 0.356. The van der Waals surface area contributed by atoms with Gasteiger partial charge in [-0.2, -0.15) is 0 Å². The van der Waals surface area contributed by atoms with Gasteiger partial charge in [0, 0.05) is 42.1 Å². The van der Waals surface area contributed by atoms with Gasteiger partial charge in [0.15, 0.2) is 0 Å². The molecular weight excluding hydrogens is 566 g/mol. The Morgan fingerprint density at radius 2 is 1.98 bits per heavy atom. The van der Waals surface area contributed by atoms with Crippen LogP contribution in [0.1, 0.15) is 80.1 Å². The van der Waals surface area contributed by atoms with Gasteiger partial charge >= 0.3 is 6.09 Å². The predicted molar refractivity (Wildman–Crippen MR) is 169 cm³/mol. The lowest BCUT2D eigenvalue weighted by Crippen LogP contribution is -2.46. The molecule has 11 nitrogen and oxygen atoms in total. The second-order valence-corrected chi connectivity index (χ2v) is 13.7. The highest BCUT2D eigenvalue weighted by atomic mass is 32.1. The third kappa shape index (κ3) is 7.01. The van der Waals surface area contributed by atoms with E-state index in [9.17, 15) is 9.59 Å². The minimum Gasteiger partial charge on any atom is -0.444 e. The lowest BCUT2D eigenvalue weighted by molar-refractivity contribution is 0.000666. The van der Waals surface area contributed by atoms with Gasteiger partial charge in [0.2, 0.25) is 5.95 Å². The number of nitrogens with one attached hydrogen (secondary N) is 2. The summed E-state index contributed by atoms with van der Waals surface area (Å²) < 4.78 is 11.6. The van der Waals surface area contributed by atoms with Gasteiger partial charge in [0.1, 0.15) is 15.3 Å². The highest BCUT2D eigenvalue weighted by Gasteiger charge is 2.38. The third-order valence-corrected chi connectivity index (χ3v) is 8.76. The van der Waals surface area contributed by atoms with Crippen LogP contribution in [0.5, 0.6) is 0 Å². The normalized spacial score (nSPS) is 20.4. The van der Waals surface area contributed by atoms with Crippen molar-refractivity contribution in [2.75, 3.05) is 23.7 Å². The van der Waals surface area contributed by atoms with Crippen molar-refractivity contribution in [2.45, 2.75) is 104 Å². The number of hydrogen-bond acceptors (Lipinski definition) is 10. The summed E-state index contributed by atoms with van der Waals surface area (Å²) in [6.07, 6.45) is 4.13. The second-order valence-electron chi connectivity index (χ2n) is 12.7. The van der Waals surface area contributed by atoms with E-state index >= 15 is 0 Å². The van der Waals surface area contributed by atoms with E-state index in [1.165, 1.54) is 11.3 Å². The van der Waals surface area contributed by atoms with E-state index in [0.29, 0.717) is 36.0 Å². The van der Waals surface area contributed by atoms with Crippen LogP contribution in [0.3, 0.4) is 0 Å². The molecule has 5 rings (SSSR count). The average molecular weight is 610 g/mol. The highest BCUT2D eigenvalue weighted by molar-refractivity contribution is 7.21. The summed E-state index contributed by atoms with van der Waals surface area (Å²) in [6.45, 7) is 14.6. The lowest BCUT2D eigenvalue weighted by atomic mass is 9.93. The van der Waals surface area contributed by atoms with E-state index < -0.39 is 11.7 Å². The molecule has 1 aliphatic carbocycles. The number of pyridine rings is 1. The molecule has 0 unspecified atom stereocenters. The molecule has 0 saturated carbocycles. The SMILES string of the molecule is CCc1cc(C)nc2sc(C(=O)N[C@H]3CCc4nc(N5C[C@H](NC(=O)OC(C)(C)C)[C@@H](OC(C)C)C5)ncc4C3)c(N)c12. The Balaban J connectivity index is 1.25. The van der Waals surface area contributed by atoms with Crippen LogP contribution in [0, 0.1) is 6.92 Å². The van der Waals surface area contributed by atoms with Gasteiger partial charge in [-0.1, -0.05) is 6.92 Å². The number of thiophene rings is 1. The van der Waals surface area contributed by atoms with Crippen LogP contribution >= 0.6 is 11.3 Å². The Morgan fingerprint density at radius 1 is 1.21 bits per heavy atom. The van der Waals surface area contributed by atoms with Crippen LogP contribution < -0.4 is 21.3 Å². The third-order valence-electron chi connectivity index (χ3n) is 7.67. The van der Waals surface area contributed by atoms with Crippen molar-refractivity contribution >= 4 is 45.2 Å². The van der Waals surface area contributed by atoms with Gasteiger partial charge in [-0.25, -0.2) is 19.7 Å². The summed E-state index contributed by atoms with van der Waals surface area (Å²) in [5.41, 5.74) is 10.4. The Kier molecular flexibility index (Phi) is 8.80. The smallest absolute Gasteiger partial charge is 0.408 e. The summed E-state index contributed by atoms with van der Waals surface area (Å²) in [5, 5.41) is 7.06. The van der Waals surface area contributed by atoms with Crippen molar-refractivity contribution < 1.29 is 19.1 Å². The molecule has 0 aromatic carbocycles. The van der Waals surface area contributed by atoms with Crippen LogP contribution in [-0.2, 0) is 28.7 Å². The average Bonchev–Trinajstić information content (AvgIpc) is 3.46. The molecule has 1 aliphatic heterocycles. The Bertz CT molecular complexity index is 1520. The number of aromatic nitrogens is 3. The van der Waals surface area contributed by atoms with E-state index in [1.54, 1.807) is 0 Å². The van der Waals surface area contributed by atoms with E-state index in [0.717, 1.165) is 52.0 Å². The summed E-state index contributed by atoms with van der Waals surface area (Å²) >= 11 is 1.35. The molecule has 4 N–H and O–H groups in total. The van der Waals surface area contributed by atoms with Crippen molar-refractivity contribution in [3.8, 4) is 0 Å².